The van der Waals surface area contributed by atoms with E-state index >= 15 is 0 Å². The Hall–Kier alpha value is -1.68. The molecular weight excluding hydrogens is 467 g/mol. The van der Waals surface area contributed by atoms with E-state index in [0.717, 1.165) is 50.3 Å². The molecule has 0 aliphatic rings. The molecule has 0 aliphatic heterocycles. The monoisotopic (exact) mass is 500 g/mol. The number of rotatable bonds is 9. The highest BCUT2D eigenvalue weighted by Gasteiger charge is 2.09. The van der Waals surface area contributed by atoms with Crippen molar-refractivity contribution >= 4 is 29.9 Å². The second-order valence-electron chi connectivity index (χ2n) is 6.68. The first-order valence-corrected chi connectivity index (χ1v) is 9.49. The minimum absolute atomic E-state index is 0. The zero-order valence-electron chi connectivity index (χ0n) is 17.6. The van der Waals surface area contributed by atoms with Crippen LogP contribution in [-0.4, -0.2) is 52.4 Å². The minimum atomic E-state index is 0. The second-order valence-corrected chi connectivity index (χ2v) is 6.68. The van der Waals surface area contributed by atoms with E-state index in [9.17, 15) is 0 Å². The first-order chi connectivity index (χ1) is 13.0. The number of aromatic nitrogens is 3. The Bertz CT molecular complexity index is 729. The van der Waals surface area contributed by atoms with Crippen molar-refractivity contribution in [2.75, 3.05) is 26.8 Å². The highest BCUT2D eigenvalue weighted by Crippen LogP contribution is 2.07. The van der Waals surface area contributed by atoms with Crippen LogP contribution in [0.5, 0.6) is 0 Å². The van der Waals surface area contributed by atoms with Gasteiger partial charge in [-0.05, 0) is 32.8 Å². The number of aryl methyl sites for hydroxylation is 2. The van der Waals surface area contributed by atoms with Gasteiger partial charge in [0.15, 0.2) is 11.8 Å². The molecule has 7 nitrogen and oxygen atoms in total. The summed E-state index contributed by atoms with van der Waals surface area (Å²) in [4.78, 5) is 6.90. The van der Waals surface area contributed by atoms with Crippen molar-refractivity contribution in [1.82, 2.24) is 25.0 Å². The van der Waals surface area contributed by atoms with E-state index < -0.39 is 0 Å². The lowest BCUT2D eigenvalue weighted by molar-refractivity contribution is 0.145. The first kappa shape index (κ1) is 24.4. The molecule has 8 heteroatoms. The zero-order valence-corrected chi connectivity index (χ0v) is 19.9. The van der Waals surface area contributed by atoms with Crippen LogP contribution in [0.2, 0.25) is 0 Å². The Kier molecular flexibility index (Phi) is 11.1. The summed E-state index contributed by atoms with van der Waals surface area (Å²) in [5.74, 6) is 2.59. The van der Waals surface area contributed by atoms with Crippen molar-refractivity contribution in [3.8, 4) is 0 Å². The number of benzene rings is 1. The lowest BCUT2D eigenvalue weighted by Gasteiger charge is -2.23. The molecule has 0 fully saturated rings. The summed E-state index contributed by atoms with van der Waals surface area (Å²) in [6, 6.07) is 8.59. The Labute approximate surface area is 185 Å². The van der Waals surface area contributed by atoms with E-state index in [0.29, 0.717) is 6.54 Å². The van der Waals surface area contributed by atoms with Crippen molar-refractivity contribution in [2.45, 2.75) is 40.3 Å². The van der Waals surface area contributed by atoms with Crippen molar-refractivity contribution in [2.24, 2.45) is 12.0 Å². The normalized spacial score (nSPS) is 11.2. The van der Waals surface area contributed by atoms with Crippen LogP contribution in [0, 0.1) is 13.8 Å². The smallest absolute Gasteiger partial charge is 0.194 e. The molecule has 28 heavy (non-hydrogen) atoms. The van der Waals surface area contributed by atoms with Gasteiger partial charge in [-0.1, -0.05) is 29.8 Å². The Morgan fingerprint density at radius 3 is 2.54 bits per heavy atom. The molecule has 0 radical (unpaired) electrons. The summed E-state index contributed by atoms with van der Waals surface area (Å²) in [5.41, 5.74) is 2.52. The summed E-state index contributed by atoms with van der Waals surface area (Å²) in [5, 5.41) is 11.7. The van der Waals surface area contributed by atoms with Crippen LogP contribution >= 0.6 is 24.0 Å². The SMILES string of the molecule is CCOCCCNC(=NCc1nnc(C)n1C)N(C)Cc1ccc(C)cc1.I. The van der Waals surface area contributed by atoms with E-state index in [-0.39, 0.29) is 24.0 Å². The molecule has 0 aliphatic carbocycles. The van der Waals surface area contributed by atoms with Crippen LogP contribution in [-0.2, 0) is 24.9 Å². The fraction of sp³-hybridized carbons (Fsp3) is 0.550. The van der Waals surface area contributed by atoms with Crippen molar-refractivity contribution in [3.05, 3.63) is 47.0 Å². The van der Waals surface area contributed by atoms with Gasteiger partial charge >= 0.3 is 0 Å². The molecule has 1 aromatic carbocycles. The van der Waals surface area contributed by atoms with E-state index in [1.807, 2.05) is 25.5 Å². The predicted molar refractivity (Wildman–Crippen MR) is 124 cm³/mol. The van der Waals surface area contributed by atoms with Crippen molar-refractivity contribution in [3.63, 3.8) is 0 Å². The molecule has 156 valence electrons. The van der Waals surface area contributed by atoms with E-state index in [1.165, 1.54) is 11.1 Å². The van der Waals surface area contributed by atoms with Gasteiger partial charge in [0, 0.05) is 40.4 Å². The third kappa shape index (κ3) is 7.75. The molecular formula is C20H33IN6O. The van der Waals surface area contributed by atoms with Crippen molar-refractivity contribution < 1.29 is 4.74 Å². The molecule has 1 N–H and O–H groups in total. The fourth-order valence-corrected chi connectivity index (χ4v) is 2.61. The van der Waals surface area contributed by atoms with Crippen molar-refractivity contribution in [1.29, 1.82) is 0 Å². The number of aliphatic imine (C=N–C) groups is 1. The third-order valence-corrected chi connectivity index (χ3v) is 4.41. The van der Waals surface area contributed by atoms with Crippen LogP contribution in [0.25, 0.3) is 0 Å². The molecule has 0 saturated carbocycles. The maximum Gasteiger partial charge on any atom is 0.194 e. The maximum absolute atomic E-state index is 5.42. The third-order valence-electron chi connectivity index (χ3n) is 4.41. The van der Waals surface area contributed by atoms with Gasteiger partial charge in [-0.25, -0.2) is 4.99 Å². The molecule has 1 heterocycles. The quantitative estimate of drug-likeness (QED) is 0.248. The number of hydrogen-bond donors (Lipinski definition) is 1. The molecule has 0 amide bonds. The number of hydrogen-bond acceptors (Lipinski definition) is 4. The summed E-state index contributed by atoms with van der Waals surface area (Å²) < 4.78 is 7.38. The average molecular weight is 500 g/mol. The molecule has 1 aromatic heterocycles. The maximum atomic E-state index is 5.42. The van der Waals surface area contributed by atoms with E-state index in [2.05, 4.69) is 58.7 Å². The molecule has 0 unspecified atom stereocenters. The number of nitrogens with zero attached hydrogens (tertiary/aromatic N) is 5. The van der Waals surface area contributed by atoms with Crippen LogP contribution in [0.3, 0.4) is 0 Å². The molecule has 0 saturated heterocycles. The Morgan fingerprint density at radius 1 is 1.21 bits per heavy atom. The Balaban J connectivity index is 0.00000392. The Morgan fingerprint density at radius 2 is 1.93 bits per heavy atom. The lowest BCUT2D eigenvalue weighted by Crippen LogP contribution is -2.39. The highest BCUT2D eigenvalue weighted by atomic mass is 127. The molecule has 2 aromatic rings. The van der Waals surface area contributed by atoms with Gasteiger partial charge in [-0.15, -0.1) is 34.2 Å². The van der Waals surface area contributed by atoms with Gasteiger partial charge in [0.25, 0.3) is 0 Å². The molecule has 0 bridgehead atoms. The summed E-state index contributed by atoms with van der Waals surface area (Å²) in [6.45, 7) is 9.65. The fourth-order valence-electron chi connectivity index (χ4n) is 2.61. The number of ether oxygens (including phenoxy) is 1. The lowest BCUT2D eigenvalue weighted by atomic mass is 10.1. The molecule has 0 atom stereocenters. The van der Waals surface area contributed by atoms with Crippen LogP contribution in [0.15, 0.2) is 29.3 Å². The van der Waals surface area contributed by atoms with Crippen LogP contribution < -0.4 is 5.32 Å². The highest BCUT2D eigenvalue weighted by molar-refractivity contribution is 14.0. The predicted octanol–water partition coefficient (Wildman–Crippen LogP) is 3.05. The van der Waals surface area contributed by atoms with Gasteiger partial charge < -0.3 is 19.5 Å². The van der Waals surface area contributed by atoms with Gasteiger partial charge in [-0.2, -0.15) is 0 Å². The zero-order chi connectivity index (χ0) is 19.6. The summed E-state index contributed by atoms with van der Waals surface area (Å²) in [6.07, 6.45) is 0.939. The molecule has 0 spiro atoms. The van der Waals surface area contributed by atoms with E-state index in [4.69, 9.17) is 9.73 Å². The average Bonchev–Trinajstić information content (AvgIpc) is 2.97. The largest absolute Gasteiger partial charge is 0.382 e. The number of guanidine groups is 1. The number of halogens is 1. The second kappa shape index (κ2) is 12.7. The summed E-state index contributed by atoms with van der Waals surface area (Å²) in [7, 11) is 4.02. The van der Waals surface area contributed by atoms with Crippen LogP contribution in [0.4, 0.5) is 0 Å². The van der Waals surface area contributed by atoms with Gasteiger partial charge in [0.1, 0.15) is 12.4 Å². The minimum Gasteiger partial charge on any atom is -0.382 e. The topological polar surface area (TPSA) is 67.6 Å². The van der Waals surface area contributed by atoms with Gasteiger partial charge in [0.2, 0.25) is 0 Å². The van der Waals surface area contributed by atoms with Gasteiger partial charge in [0.05, 0.1) is 0 Å². The number of nitrogens with one attached hydrogen (secondary N) is 1. The first-order valence-electron chi connectivity index (χ1n) is 9.49. The molecule has 2 rings (SSSR count). The standard InChI is InChI=1S/C20H32N6O.HI/c1-6-27-13-7-12-21-20(22-14-19-24-23-17(3)26(19)5)25(4)15-18-10-8-16(2)9-11-18;/h8-11H,6-7,12-15H2,1-5H3,(H,21,22);1H. The van der Waals surface area contributed by atoms with E-state index in [1.54, 1.807) is 0 Å². The van der Waals surface area contributed by atoms with Crippen LogP contribution in [0.1, 0.15) is 36.1 Å². The summed E-state index contributed by atoms with van der Waals surface area (Å²) >= 11 is 0. The van der Waals surface area contributed by atoms with Gasteiger partial charge in [-0.3, -0.25) is 0 Å².